The van der Waals surface area contributed by atoms with E-state index >= 15 is 0 Å². The minimum atomic E-state index is 0.229. The third-order valence-electron chi connectivity index (χ3n) is 2.32. The summed E-state index contributed by atoms with van der Waals surface area (Å²) in [6, 6.07) is 8.33. The van der Waals surface area contributed by atoms with Crippen molar-refractivity contribution in [1.29, 1.82) is 0 Å². The fourth-order valence-electron chi connectivity index (χ4n) is 1.44. The second-order valence-corrected chi connectivity index (χ2v) is 4.44. The average Bonchev–Trinajstić information content (AvgIpc) is 2.28. The smallest absolute Gasteiger partial charge is 0.122 e. The summed E-state index contributed by atoms with van der Waals surface area (Å²) in [6.07, 6.45) is 3.79. The average molecular weight is 271 g/mol. The molecule has 1 rings (SSSR count). The van der Waals surface area contributed by atoms with Crippen LogP contribution in [0.4, 0.5) is 0 Å². The van der Waals surface area contributed by atoms with Gasteiger partial charge in [-0.3, -0.25) is 0 Å². The fraction of sp³-hybridized carbons (Fsp3) is 0.538. The molecule has 0 heterocycles. The van der Waals surface area contributed by atoms with Gasteiger partial charge in [-0.25, -0.2) is 0 Å². The highest BCUT2D eigenvalue weighted by Crippen LogP contribution is 2.21. The summed E-state index contributed by atoms with van der Waals surface area (Å²) < 4.78 is 5.84. The van der Waals surface area contributed by atoms with Gasteiger partial charge in [-0.15, -0.1) is 0 Å². The van der Waals surface area contributed by atoms with Crippen LogP contribution >= 0.6 is 15.9 Å². The van der Waals surface area contributed by atoms with Gasteiger partial charge in [-0.1, -0.05) is 47.5 Å². The van der Waals surface area contributed by atoms with Gasteiger partial charge in [-0.05, 0) is 31.4 Å². The Morgan fingerprint density at radius 1 is 1.33 bits per heavy atom. The van der Waals surface area contributed by atoms with Crippen molar-refractivity contribution in [3.05, 3.63) is 29.8 Å². The Morgan fingerprint density at radius 2 is 2.07 bits per heavy atom. The van der Waals surface area contributed by atoms with Crippen LogP contribution in [0.3, 0.4) is 0 Å². The zero-order valence-corrected chi connectivity index (χ0v) is 11.1. The van der Waals surface area contributed by atoms with E-state index in [-0.39, 0.29) is 6.10 Å². The molecule has 0 aliphatic heterocycles. The molecule has 0 aromatic heterocycles. The Bertz CT molecular complexity index is 286. The maximum absolute atomic E-state index is 5.84. The molecule has 0 radical (unpaired) electrons. The lowest BCUT2D eigenvalue weighted by atomic mass is 10.1. The first kappa shape index (κ1) is 12.6. The molecule has 0 spiro atoms. The predicted molar refractivity (Wildman–Crippen MR) is 68.9 cm³/mol. The molecule has 0 unspecified atom stereocenters. The molecule has 1 aromatic carbocycles. The maximum atomic E-state index is 5.84. The van der Waals surface area contributed by atoms with Gasteiger partial charge in [0.15, 0.2) is 0 Å². The van der Waals surface area contributed by atoms with E-state index in [2.05, 4.69) is 48.0 Å². The second kappa shape index (κ2) is 6.89. The van der Waals surface area contributed by atoms with Gasteiger partial charge in [0.25, 0.3) is 0 Å². The fourth-order valence-corrected chi connectivity index (χ4v) is 1.57. The molecule has 0 amide bonds. The molecular weight excluding hydrogens is 252 g/mol. The number of alkyl halides is 1. The minimum absolute atomic E-state index is 0.229. The molecule has 1 atom stereocenters. The van der Waals surface area contributed by atoms with Crippen molar-refractivity contribution >= 4 is 15.9 Å². The summed E-state index contributed by atoms with van der Waals surface area (Å²) in [5.74, 6) is 1.04. The first-order valence-electron chi connectivity index (χ1n) is 5.58. The van der Waals surface area contributed by atoms with Crippen molar-refractivity contribution in [2.75, 3.05) is 5.33 Å². The summed E-state index contributed by atoms with van der Waals surface area (Å²) >= 11 is 3.42. The third-order valence-corrected chi connectivity index (χ3v) is 3.23. The monoisotopic (exact) mass is 270 g/mol. The Morgan fingerprint density at radius 3 is 2.73 bits per heavy atom. The van der Waals surface area contributed by atoms with Crippen molar-refractivity contribution in [2.24, 2.45) is 0 Å². The predicted octanol–water partition coefficient (Wildman–Crippen LogP) is 4.19. The molecule has 0 fully saturated rings. The number of benzene rings is 1. The van der Waals surface area contributed by atoms with Gasteiger partial charge in [0.2, 0.25) is 0 Å². The van der Waals surface area contributed by atoms with Gasteiger partial charge in [0, 0.05) is 5.33 Å². The molecule has 15 heavy (non-hydrogen) atoms. The van der Waals surface area contributed by atoms with Gasteiger partial charge < -0.3 is 4.74 Å². The standard InChI is InChI=1S/C13H19BrO/c1-3-4-7-12-8-5-6-9-13(12)15-11(2)10-14/h5-6,8-9,11H,3-4,7,10H2,1-2H3/t11-/m1/s1. The molecular formula is C13H19BrO. The molecule has 0 aliphatic carbocycles. The zero-order chi connectivity index (χ0) is 11.1. The van der Waals surface area contributed by atoms with Gasteiger partial charge in [0.05, 0.1) is 0 Å². The van der Waals surface area contributed by atoms with Crippen LogP contribution in [0.2, 0.25) is 0 Å². The van der Waals surface area contributed by atoms with Crippen LogP contribution in [-0.2, 0) is 6.42 Å². The highest BCUT2D eigenvalue weighted by atomic mass is 79.9. The molecule has 1 nitrogen and oxygen atoms in total. The zero-order valence-electron chi connectivity index (χ0n) is 9.50. The van der Waals surface area contributed by atoms with E-state index < -0.39 is 0 Å². The van der Waals surface area contributed by atoms with E-state index in [1.54, 1.807) is 0 Å². The van der Waals surface area contributed by atoms with E-state index in [1.165, 1.54) is 18.4 Å². The number of para-hydroxylation sites is 1. The SMILES string of the molecule is CCCCc1ccccc1O[C@H](C)CBr. The van der Waals surface area contributed by atoms with E-state index in [0.717, 1.165) is 17.5 Å². The Labute approximate surface area is 101 Å². The van der Waals surface area contributed by atoms with E-state index in [9.17, 15) is 0 Å². The topological polar surface area (TPSA) is 9.23 Å². The highest BCUT2D eigenvalue weighted by Gasteiger charge is 2.06. The molecule has 0 N–H and O–H groups in total. The Balaban J connectivity index is 2.67. The summed E-state index contributed by atoms with van der Waals surface area (Å²) in [6.45, 7) is 4.29. The number of aryl methyl sites for hydroxylation is 1. The van der Waals surface area contributed by atoms with Crippen molar-refractivity contribution < 1.29 is 4.74 Å². The lowest BCUT2D eigenvalue weighted by Gasteiger charge is -2.15. The normalized spacial score (nSPS) is 12.5. The second-order valence-electron chi connectivity index (χ2n) is 3.79. The maximum Gasteiger partial charge on any atom is 0.122 e. The molecule has 1 aromatic rings. The van der Waals surface area contributed by atoms with Gasteiger partial charge in [0.1, 0.15) is 11.9 Å². The number of unbranched alkanes of at least 4 members (excludes halogenated alkanes) is 1. The van der Waals surface area contributed by atoms with E-state index in [0.29, 0.717) is 0 Å². The number of ether oxygens (including phenoxy) is 1. The van der Waals surface area contributed by atoms with Crippen molar-refractivity contribution in [2.45, 2.75) is 39.2 Å². The lowest BCUT2D eigenvalue weighted by molar-refractivity contribution is 0.245. The summed E-state index contributed by atoms with van der Waals surface area (Å²) in [5.41, 5.74) is 1.33. The summed E-state index contributed by atoms with van der Waals surface area (Å²) in [7, 11) is 0. The first-order valence-corrected chi connectivity index (χ1v) is 6.70. The molecule has 84 valence electrons. The molecule has 0 saturated carbocycles. The van der Waals surface area contributed by atoms with Crippen LogP contribution in [0.25, 0.3) is 0 Å². The quantitative estimate of drug-likeness (QED) is 0.705. The van der Waals surface area contributed by atoms with Crippen molar-refractivity contribution in [1.82, 2.24) is 0 Å². The van der Waals surface area contributed by atoms with Gasteiger partial charge in [-0.2, -0.15) is 0 Å². The van der Waals surface area contributed by atoms with Crippen LogP contribution in [0.1, 0.15) is 32.3 Å². The number of hydrogen-bond acceptors (Lipinski definition) is 1. The lowest BCUT2D eigenvalue weighted by Crippen LogP contribution is -2.13. The minimum Gasteiger partial charge on any atom is -0.490 e. The van der Waals surface area contributed by atoms with Crippen LogP contribution in [-0.4, -0.2) is 11.4 Å². The Kier molecular flexibility index (Phi) is 5.77. The van der Waals surface area contributed by atoms with Crippen molar-refractivity contribution in [3.8, 4) is 5.75 Å². The molecule has 0 saturated heterocycles. The highest BCUT2D eigenvalue weighted by molar-refractivity contribution is 9.09. The van der Waals surface area contributed by atoms with Crippen LogP contribution < -0.4 is 4.74 Å². The summed E-state index contributed by atoms with van der Waals surface area (Å²) in [4.78, 5) is 0. The Hall–Kier alpha value is -0.500. The number of hydrogen-bond donors (Lipinski definition) is 0. The first-order chi connectivity index (χ1) is 7.27. The summed E-state index contributed by atoms with van der Waals surface area (Å²) in [5, 5.41) is 0.870. The van der Waals surface area contributed by atoms with Crippen LogP contribution in [0.15, 0.2) is 24.3 Å². The van der Waals surface area contributed by atoms with Gasteiger partial charge >= 0.3 is 0 Å². The number of halogens is 1. The number of rotatable bonds is 6. The largest absolute Gasteiger partial charge is 0.490 e. The van der Waals surface area contributed by atoms with Crippen LogP contribution in [0.5, 0.6) is 5.75 Å². The van der Waals surface area contributed by atoms with E-state index in [4.69, 9.17) is 4.74 Å². The molecule has 0 bridgehead atoms. The molecule has 2 heteroatoms. The van der Waals surface area contributed by atoms with E-state index in [1.807, 2.05) is 6.07 Å². The van der Waals surface area contributed by atoms with Crippen LogP contribution in [0, 0.1) is 0 Å². The molecule has 0 aliphatic rings. The van der Waals surface area contributed by atoms with Crippen molar-refractivity contribution in [3.63, 3.8) is 0 Å². The third kappa shape index (κ3) is 4.25.